The van der Waals surface area contributed by atoms with Crippen LogP contribution in [0.5, 0.6) is 5.75 Å². The molecule has 1 aromatic heterocycles. The van der Waals surface area contributed by atoms with E-state index in [0.29, 0.717) is 6.61 Å². The van der Waals surface area contributed by atoms with E-state index in [0.717, 1.165) is 12.3 Å². The highest BCUT2D eigenvalue weighted by Gasteiger charge is 1.98. The number of nitrogens with zero attached hydrogens (tertiary/aromatic N) is 1. The number of pyridine rings is 1. The number of aromatic nitrogens is 1. The van der Waals surface area contributed by atoms with E-state index < -0.39 is 0 Å². The van der Waals surface area contributed by atoms with E-state index in [-0.39, 0.29) is 12.4 Å². The van der Waals surface area contributed by atoms with Crippen LogP contribution < -0.4 is 21.7 Å². The van der Waals surface area contributed by atoms with E-state index in [2.05, 4.69) is 4.57 Å². The molecule has 1 heterocycles. The van der Waals surface area contributed by atoms with Crippen LogP contribution in [-0.2, 0) is 6.54 Å². The third-order valence-corrected chi connectivity index (χ3v) is 2.14. The summed E-state index contributed by atoms with van der Waals surface area (Å²) in [6.45, 7) is 1.56. The van der Waals surface area contributed by atoms with Crippen LogP contribution in [0, 0.1) is 0 Å². The number of halogens is 1. The van der Waals surface area contributed by atoms with Crippen molar-refractivity contribution in [3.63, 3.8) is 0 Å². The molecule has 0 aliphatic carbocycles. The zero-order chi connectivity index (χ0) is 10.3. The van der Waals surface area contributed by atoms with Gasteiger partial charge in [-0.3, -0.25) is 0 Å². The van der Waals surface area contributed by atoms with Crippen molar-refractivity contribution in [3.05, 3.63) is 60.9 Å². The van der Waals surface area contributed by atoms with Crippen molar-refractivity contribution in [2.75, 3.05) is 6.61 Å². The number of rotatable bonds is 4. The molecule has 0 aliphatic rings. The van der Waals surface area contributed by atoms with Crippen molar-refractivity contribution in [2.45, 2.75) is 6.54 Å². The molecule has 3 heteroatoms. The number of benzene rings is 1. The molecule has 1 aromatic carbocycles. The van der Waals surface area contributed by atoms with Crippen molar-refractivity contribution in [3.8, 4) is 5.75 Å². The summed E-state index contributed by atoms with van der Waals surface area (Å²) in [5, 5.41) is 0. The number of ether oxygens (including phenoxy) is 1. The molecule has 0 bridgehead atoms. The molecule has 0 fully saturated rings. The monoisotopic (exact) mass is 235 g/mol. The van der Waals surface area contributed by atoms with Crippen LogP contribution in [0.2, 0.25) is 0 Å². The molecule has 0 spiro atoms. The first-order valence-electron chi connectivity index (χ1n) is 5.07. The molecule has 16 heavy (non-hydrogen) atoms. The fourth-order valence-corrected chi connectivity index (χ4v) is 1.37. The van der Waals surface area contributed by atoms with Crippen molar-refractivity contribution in [2.24, 2.45) is 0 Å². The van der Waals surface area contributed by atoms with Gasteiger partial charge in [-0.1, -0.05) is 24.3 Å². The van der Waals surface area contributed by atoms with Gasteiger partial charge in [0, 0.05) is 12.1 Å². The van der Waals surface area contributed by atoms with Crippen LogP contribution in [0.4, 0.5) is 0 Å². The second-order valence-electron chi connectivity index (χ2n) is 3.27. The Hall–Kier alpha value is -1.54. The molecule has 0 amide bonds. The summed E-state index contributed by atoms with van der Waals surface area (Å²) in [4.78, 5) is 0. The lowest BCUT2D eigenvalue weighted by Crippen LogP contribution is -3.00. The van der Waals surface area contributed by atoms with Gasteiger partial charge in [-0.05, 0) is 12.1 Å². The lowest BCUT2D eigenvalue weighted by molar-refractivity contribution is -0.697. The summed E-state index contributed by atoms with van der Waals surface area (Å²) in [5.74, 6) is 0.925. The molecule has 0 aliphatic heterocycles. The van der Waals surface area contributed by atoms with E-state index in [1.54, 1.807) is 0 Å². The van der Waals surface area contributed by atoms with Gasteiger partial charge in [0.2, 0.25) is 0 Å². The Morgan fingerprint density at radius 2 is 1.50 bits per heavy atom. The summed E-state index contributed by atoms with van der Waals surface area (Å²) in [5.41, 5.74) is 0. The second kappa shape index (κ2) is 6.85. The maximum Gasteiger partial charge on any atom is 0.182 e. The summed E-state index contributed by atoms with van der Waals surface area (Å²) in [6.07, 6.45) is 4.07. The molecule has 0 saturated heterocycles. The average Bonchev–Trinajstić information content (AvgIpc) is 2.32. The van der Waals surface area contributed by atoms with E-state index in [1.807, 2.05) is 60.9 Å². The quantitative estimate of drug-likeness (QED) is 0.624. The summed E-state index contributed by atoms with van der Waals surface area (Å²) < 4.78 is 7.69. The number of hydrogen-bond acceptors (Lipinski definition) is 1. The predicted octanol–water partition coefficient (Wildman–Crippen LogP) is -0.943. The van der Waals surface area contributed by atoms with E-state index in [1.165, 1.54) is 0 Å². The Morgan fingerprint density at radius 3 is 2.19 bits per heavy atom. The molecule has 0 unspecified atom stereocenters. The minimum absolute atomic E-state index is 0. The summed E-state index contributed by atoms with van der Waals surface area (Å²) >= 11 is 0. The Balaban J connectivity index is 0.00000128. The summed E-state index contributed by atoms with van der Waals surface area (Å²) in [6, 6.07) is 15.9. The van der Waals surface area contributed by atoms with E-state index >= 15 is 0 Å². The first-order chi connectivity index (χ1) is 7.45. The lowest BCUT2D eigenvalue weighted by atomic mass is 10.3. The van der Waals surface area contributed by atoms with Crippen molar-refractivity contribution < 1.29 is 21.7 Å². The summed E-state index contributed by atoms with van der Waals surface area (Å²) in [7, 11) is 0. The Kier molecular flexibility index (Phi) is 5.37. The molecule has 0 saturated carbocycles. The Labute approximate surface area is 102 Å². The third-order valence-electron chi connectivity index (χ3n) is 2.14. The largest absolute Gasteiger partial charge is 1.00 e. The van der Waals surface area contributed by atoms with Crippen LogP contribution in [-0.4, -0.2) is 6.61 Å². The highest BCUT2D eigenvalue weighted by Crippen LogP contribution is 2.07. The standard InChI is InChI=1S/C13H14NO.ClH/c1-3-7-13(8-4-1)15-12-11-14-9-5-2-6-10-14;/h1-10H,11-12H2;1H/q+1;/p-1. The molecule has 84 valence electrons. The van der Waals surface area contributed by atoms with Crippen LogP contribution in [0.15, 0.2) is 60.9 Å². The van der Waals surface area contributed by atoms with E-state index in [4.69, 9.17) is 4.74 Å². The van der Waals surface area contributed by atoms with Crippen molar-refractivity contribution in [1.29, 1.82) is 0 Å². The number of hydrogen-bond donors (Lipinski definition) is 0. The highest BCUT2D eigenvalue weighted by molar-refractivity contribution is 5.20. The van der Waals surface area contributed by atoms with Gasteiger partial charge in [0.1, 0.15) is 12.4 Å². The van der Waals surface area contributed by atoms with Gasteiger partial charge < -0.3 is 17.1 Å². The van der Waals surface area contributed by atoms with Crippen LogP contribution >= 0.6 is 0 Å². The molecular weight excluding hydrogens is 222 g/mol. The fraction of sp³-hybridized carbons (Fsp3) is 0.154. The van der Waals surface area contributed by atoms with Gasteiger partial charge in [-0.2, -0.15) is 0 Å². The molecule has 0 N–H and O–H groups in total. The third kappa shape index (κ3) is 3.91. The molecule has 2 rings (SSSR count). The molecule has 2 nitrogen and oxygen atoms in total. The van der Waals surface area contributed by atoms with Crippen molar-refractivity contribution >= 4 is 0 Å². The van der Waals surface area contributed by atoms with Gasteiger partial charge in [0.05, 0.1) is 0 Å². The van der Waals surface area contributed by atoms with Gasteiger partial charge in [-0.25, -0.2) is 4.57 Å². The normalized spacial score (nSPS) is 9.25. The first-order valence-corrected chi connectivity index (χ1v) is 5.07. The van der Waals surface area contributed by atoms with Gasteiger partial charge in [0.15, 0.2) is 18.9 Å². The maximum atomic E-state index is 5.59. The van der Waals surface area contributed by atoms with Gasteiger partial charge >= 0.3 is 0 Å². The molecule has 0 atom stereocenters. The Morgan fingerprint density at radius 1 is 0.875 bits per heavy atom. The lowest BCUT2D eigenvalue weighted by Gasteiger charge is -2.02. The van der Waals surface area contributed by atoms with E-state index in [9.17, 15) is 0 Å². The zero-order valence-corrected chi connectivity index (χ0v) is 9.68. The topological polar surface area (TPSA) is 13.1 Å². The van der Waals surface area contributed by atoms with Crippen LogP contribution in [0.1, 0.15) is 0 Å². The first kappa shape index (κ1) is 12.5. The average molecular weight is 236 g/mol. The number of para-hydroxylation sites is 1. The van der Waals surface area contributed by atoms with Crippen LogP contribution in [0.3, 0.4) is 0 Å². The molecule has 0 radical (unpaired) electrons. The van der Waals surface area contributed by atoms with Gasteiger partial charge in [-0.15, -0.1) is 0 Å². The fourth-order valence-electron chi connectivity index (χ4n) is 1.37. The van der Waals surface area contributed by atoms with Crippen LogP contribution in [0.25, 0.3) is 0 Å². The van der Waals surface area contributed by atoms with Gasteiger partial charge in [0.25, 0.3) is 0 Å². The highest BCUT2D eigenvalue weighted by atomic mass is 35.5. The zero-order valence-electron chi connectivity index (χ0n) is 8.92. The smallest absolute Gasteiger partial charge is 0.182 e. The minimum atomic E-state index is 0. The van der Waals surface area contributed by atoms with Crippen molar-refractivity contribution in [1.82, 2.24) is 0 Å². The minimum Gasteiger partial charge on any atom is -1.00 e. The second-order valence-corrected chi connectivity index (χ2v) is 3.27. The molecular formula is C13H14ClNO. The Bertz CT molecular complexity index is 352. The SMILES string of the molecule is [Cl-].c1ccc(OCC[n+]2ccccc2)cc1. The predicted molar refractivity (Wildman–Crippen MR) is 58.6 cm³/mol. The maximum absolute atomic E-state index is 5.59. The molecule has 2 aromatic rings.